The number of hydrogen-bond acceptors (Lipinski definition) is 6. The van der Waals surface area contributed by atoms with Gasteiger partial charge < -0.3 is 0 Å². The predicted octanol–water partition coefficient (Wildman–Crippen LogP) is 8.37. The highest BCUT2D eigenvalue weighted by Crippen LogP contribution is 2.30. The molecule has 6 heteroatoms. The van der Waals surface area contributed by atoms with Crippen LogP contribution < -0.4 is 0 Å². The fourth-order valence-corrected chi connectivity index (χ4v) is 4.82. The van der Waals surface area contributed by atoms with E-state index in [9.17, 15) is 0 Å². The van der Waals surface area contributed by atoms with E-state index in [2.05, 4.69) is 29.2 Å². The summed E-state index contributed by atoms with van der Waals surface area (Å²) in [4.78, 5) is 28.9. The molecule has 0 aliphatic carbocycles. The van der Waals surface area contributed by atoms with Crippen molar-refractivity contribution in [3.63, 3.8) is 0 Å². The first kappa shape index (κ1) is 26.0. The van der Waals surface area contributed by atoms with E-state index >= 15 is 0 Å². The van der Waals surface area contributed by atoms with Gasteiger partial charge in [0.15, 0.2) is 17.5 Å². The molecule has 0 saturated heterocycles. The lowest BCUT2D eigenvalue weighted by atomic mass is 10.0. The highest BCUT2D eigenvalue weighted by Gasteiger charge is 2.14. The van der Waals surface area contributed by atoms with Gasteiger partial charge in [0.25, 0.3) is 0 Å². The fourth-order valence-electron chi connectivity index (χ4n) is 4.82. The summed E-state index contributed by atoms with van der Waals surface area (Å²) in [6.45, 7) is 2.03. The first-order valence-corrected chi connectivity index (χ1v) is 14.0. The van der Waals surface area contributed by atoms with Crippen molar-refractivity contribution in [2.75, 3.05) is 0 Å². The van der Waals surface area contributed by atoms with E-state index in [4.69, 9.17) is 24.9 Å². The maximum atomic E-state index is 4.97. The lowest BCUT2D eigenvalue weighted by molar-refractivity contribution is 1.07. The lowest BCUT2D eigenvalue weighted by Crippen LogP contribution is -2.00. The third-order valence-corrected chi connectivity index (χ3v) is 7.09. The molecule has 0 amide bonds. The number of pyridine rings is 3. The number of hydrogen-bond donors (Lipinski definition) is 0. The molecule has 7 aromatic rings. The number of aromatic nitrogens is 6. The fraction of sp³-hybridized carbons (Fsp3) is 0.0270. The summed E-state index contributed by atoms with van der Waals surface area (Å²) < 4.78 is 0. The smallest absolute Gasteiger partial charge is 0.165 e. The van der Waals surface area contributed by atoms with Gasteiger partial charge in [0.1, 0.15) is 0 Å². The highest BCUT2D eigenvalue weighted by molar-refractivity contribution is 5.75. The van der Waals surface area contributed by atoms with Crippen LogP contribution in [0.15, 0.2) is 140 Å². The molecule has 0 spiro atoms. The van der Waals surface area contributed by atoms with Crippen LogP contribution in [0.3, 0.4) is 0 Å². The maximum absolute atomic E-state index is 4.97. The van der Waals surface area contributed by atoms with Gasteiger partial charge in [-0.25, -0.2) is 19.9 Å². The number of benzene rings is 3. The molecule has 0 N–H and O–H groups in total. The predicted molar refractivity (Wildman–Crippen MR) is 171 cm³/mol. The molecule has 4 heterocycles. The summed E-state index contributed by atoms with van der Waals surface area (Å²) in [6, 6.07) is 42.3. The normalized spacial score (nSPS) is 10.9. The first-order valence-electron chi connectivity index (χ1n) is 14.0. The van der Waals surface area contributed by atoms with Gasteiger partial charge in [-0.1, -0.05) is 97.1 Å². The number of nitrogens with zero attached hydrogens (tertiary/aromatic N) is 6. The summed E-state index contributed by atoms with van der Waals surface area (Å²) in [5.41, 5.74) is 9.00. The quantitative estimate of drug-likeness (QED) is 0.206. The van der Waals surface area contributed by atoms with Gasteiger partial charge in [0.2, 0.25) is 0 Å². The molecule has 6 nitrogen and oxygen atoms in total. The molecular formula is C37H26N6. The molecule has 0 aliphatic rings. The zero-order valence-corrected chi connectivity index (χ0v) is 23.5. The van der Waals surface area contributed by atoms with Gasteiger partial charge in [-0.15, -0.1) is 0 Å². The van der Waals surface area contributed by atoms with Crippen molar-refractivity contribution >= 4 is 0 Å². The van der Waals surface area contributed by atoms with E-state index in [0.717, 1.165) is 56.2 Å². The van der Waals surface area contributed by atoms with Crippen LogP contribution in [-0.2, 0) is 0 Å². The van der Waals surface area contributed by atoms with Crippen molar-refractivity contribution in [1.29, 1.82) is 0 Å². The number of aryl methyl sites for hydroxylation is 1. The van der Waals surface area contributed by atoms with E-state index in [1.165, 1.54) is 0 Å². The van der Waals surface area contributed by atoms with Gasteiger partial charge >= 0.3 is 0 Å². The Hall–Kier alpha value is -5.88. The molecule has 0 saturated carbocycles. The Morgan fingerprint density at radius 3 is 1.28 bits per heavy atom. The van der Waals surface area contributed by atoms with Crippen LogP contribution in [0.5, 0.6) is 0 Å². The molecule has 43 heavy (non-hydrogen) atoms. The third kappa shape index (κ3) is 5.67. The molecular weight excluding hydrogens is 528 g/mol. The molecule has 0 bridgehead atoms. The topological polar surface area (TPSA) is 77.3 Å². The summed E-state index contributed by atoms with van der Waals surface area (Å²) in [6.07, 6.45) is 3.66. The molecule has 0 radical (unpaired) electrons. The Bertz CT molecular complexity index is 1930. The van der Waals surface area contributed by atoms with Crippen LogP contribution in [0.4, 0.5) is 0 Å². The molecule has 0 atom stereocenters. The summed E-state index contributed by atoms with van der Waals surface area (Å²) in [7, 11) is 0. The Morgan fingerprint density at radius 2 is 0.814 bits per heavy atom. The minimum Gasteiger partial charge on any atom is -0.254 e. The SMILES string of the molecule is Cc1ccc(-c2cc(-c3ccccc3)cc(-c3ccc(-c4nc(-c5ccccc5)nc(-c5ccccc5)n4)cn3)n2)nc1. The molecule has 0 fully saturated rings. The maximum Gasteiger partial charge on any atom is 0.165 e. The van der Waals surface area contributed by atoms with Crippen LogP contribution >= 0.6 is 0 Å². The van der Waals surface area contributed by atoms with Crippen LogP contribution in [0.2, 0.25) is 0 Å². The minimum atomic E-state index is 0.558. The van der Waals surface area contributed by atoms with Gasteiger partial charge in [-0.3, -0.25) is 9.97 Å². The van der Waals surface area contributed by atoms with Gasteiger partial charge in [0.05, 0.1) is 22.8 Å². The average Bonchev–Trinajstić information content (AvgIpc) is 3.09. The van der Waals surface area contributed by atoms with Gasteiger partial charge in [-0.05, 0) is 53.9 Å². The molecule has 3 aromatic carbocycles. The third-order valence-electron chi connectivity index (χ3n) is 7.09. The molecule has 4 aromatic heterocycles. The lowest BCUT2D eigenvalue weighted by Gasteiger charge is -2.11. The molecule has 0 aliphatic heterocycles. The Kier molecular flexibility index (Phi) is 6.99. The Balaban J connectivity index is 1.31. The van der Waals surface area contributed by atoms with E-state index in [-0.39, 0.29) is 0 Å². The van der Waals surface area contributed by atoms with E-state index in [0.29, 0.717) is 17.5 Å². The van der Waals surface area contributed by atoms with Crippen molar-refractivity contribution in [3.8, 4) is 68.1 Å². The minimum absolute atomic E-state index is 0.558. The van der Waals surface area contributed by atoms with E-state index in [1.807, 2.05) is 116 Å². The van der Waals surface area contributed by atoms with Crippen LogP contribution in [0.25, 0.3) is 68.1 Å². The van der Waals surface area contributed by atoms with Crippen LogP contribution in [-0.4, -0.2) is 29.9 Å². The number of rotatable bonds is 6. The second-order valence-corrected chi connectivity index (χ2v) is 10.2. The first-order chi connectivity index (χ1) is 21.2. The monoisotopic (exact) mass is 554 g/mol. The zero-order chi connectivity index (χ0) is 29.0. The summed E-state index contributed by atoms with van der Waals surface area (Å²) >= 11 is 0. The van der Waals surface area contributed by atoms with Crippen molar-refractivity contribution < 1.29 is 0 Å². The molecule has 7 rings (SSSR count). The highest BCUT2D eigenvalue weighted by atomic mass is 15.0. The standard InChI is InChI=1S/C37H26N6/c1-25-17-19-31(38-23-25)33-21-30(26-11-5-2-6-12-26)22-34(40-33)32-20-18-29(24-39-32)37-42-35(27-13-7-3-8-14-27)41-36(43-37)28-15-9-4-10-16-28/h2-24H,1H3. The van der Waals surface area contributed by atoms with Crippen molar-refractivity contribution in [1.82, 2.24) is 29.9 Å². The Morgan fingerprint density at radius 1 is 0.349 bits per heavy atom. The van der Waals surface area contributed by atoms with Crippen molar-refractivity contribution in [3.05, 3.63) is 145 Å². The van der Waals surface area contributed by atoms with Crippen LogP contribution in [0, 0.1) is 6.92 Å². The molecule has 204 valence electrons. The van der Waals surface area contributed by atoms with Crippen molar-refractivity contribution in [2.45, 2.75) is 6.92 Å². The summed E-state index contributed by atoms with van der Waals surface area (Å²) in [5.74, 6) is 1.78. The van der Waals surface area contributed by atoms with Gasteiger partial charge in [-0.2, -0.15) is 0 Å². The van der Waals surface area contributed by atoms with Crippen molar-refractivity contribution in [2.24, 2.45) is 0 Å². The Labute approximate surface area is 249 Å². The largest absolute Gasteiger partial charge is 0.254 e. The average molecular weight is 555 g/mol. The van der Waals surface area contributed by atoms with Gasteiger partial charge in [0, 0.05) is 29.1 Å². The zero-order valence-electron chi connectivity index (χ0n) is 23.5. The second kappa shape index (κ2) is 11.5. The second-order valence-electron chi connectivity index (χ2n) is 10.2. The van der Waals surface area contributed by atoms with E-state index in [1.54, 1.807) is 6.20 Å². The van der Waals surface area contributed by atoms with Crippen LogP contribution in [0.1, 0.15) is 5.56 Å². The summed E-state index contributed by atoms with van der Waals surface area (Å²) in [5, 5.41) is 0. The molecule has 0 unspecified atom stereocenters. The van der Waals surface area contributed by atoms with E-state index < -0.39 is 0 Å².